The molecule has 0 spiro atoms. The molecule has 1 N–H and O–H groups in total. The van der Waals surface area contributed by atoms with Crippen LogP contribution in [0.25, 0.3) is 0 Å². The van der Waals surface area contributed by atoms with Crippen LogP contribution in [-0.4, -0.2) is 55.6 Å². The van der Waals surface area contributed by atoms with E-state index in [1.165, 1.54) is 5.56 Å². The Labute approximate surface area is 127 Å². The molecule has 0 radical (unpaired) electrons. The smallest absolute Gasteiger partial charge is 0.242 e. The zero-order valence-electron chi connectivity index (χ0n) is 13.5. The van der Waals surface area contributed by atoms with E-state index in [-0.39, 0.29) is 11.3 Å². The van der Waals surface area contributed by atoms with Gasteiger partial charge in [0.2, 0.25) is 5.91 Å². The molecule has 1 saturated heterocycles. The summed E-state index contributed by atoms with van der Waals surface area (Å²) in [5, 5.41) is 3.26. The van der Waals surface area contributed by atoms with Gasteiger partial charge in [-0.3, -0.25) is 4.79 Å². The van der Waals surface area contributed by atoms with Crippen LogP contribution in [0.4, 0.5) is 5.82 Å². The van der Waals surface area contributed by atoms with Crippen LogP contribution in [-0.2, 0) is 10.2 Å². The monoisotopic (exact) mass is 290 g/mol. The van der Waals surface area contributed by atoms with Gasteiger partial charge >= 0.3 is 0 Å². The fourth-order valence-corrected chi connectivity index (χ4v) is 2.35. The SMILES string of the molecule is CN(CC(=O)N1CCNCC1)c1ccc(C(C)(C)C)cn1. The lowest BCUT2D eigenvalue weighted by Gasteiger charge is -2.29. The molecular weight excluding hydrogens is 264 g/mol. The van der Waals surface area contributed by atoms with Crippen molar-refractivity contribution >= 4 is 11.7 Å². The van der Waals surface area contributed by atoms with Crippen molar-refractivity contribution in [1.29, 1.82) is 0 Å². The molecule has 2 heterocycles. The van der Waals surface area contributed by atoms with E-state index in [1.54, 1.807) is 0 Å². The number of rotatable bonds is 3. The number of likely N-dealkylation sites (N-methyl/N-ethyl adjacent to an activating group) is 1. The highest BCUT2D eigenvalue weighted by atomic mass is 16.2. The van der Waals surface area contributed by atoms with E-state index in [9.17, 15) is 4.79 Å². The summed E-state index contributed by atoms with van der Waals surface area (Å²) in [7, 11) is 1.92. The lowest BCUT2D eigenvalue weighted by Crippen LogP contribution is -2.49. The fourth-order valence-electron chi connectivity index (χ4n) is 2.35. The Morgan fingerprint density at radius 3 is 2.52 bits per heavy atom. The Kier molecular flexibility index (Phi) is 4.83. The third-order valence-electron chi connectivity index (χ3n) is 3.85. The number of aromatic nitrogens is 1. The normalized spacial score (nSPS) is 15.9. The molecule has 1 aromatic rings. The molecule has 1 amide bonds. The lowest BCUT2D eigenvalue weighted by molar-refractivity contribution is -0.130. The summed E-state index contributed by atoms with van der Waals surface area (Å²) in [5.41, 5.74) is 1.30. The van der Waals surface area contributed by atoms with E-state index in [0.717, 1.165) is 32.0 Å². The van der Waals surface area contributed by atoms with Crippen LogP contribution in [0.1, 0.15) is 26.3 Å². The fraction of sp³-hybridized carbons (Fsp3) is 0.625. The summed E-state index contributed by atoms with van der Waals surface area (Å²) in [6.45, 7) is 10.2. The van der Waals surface area contributed by atoms with E-state index in [1.807, 2.05) is 29.1 Å². The minimum absolute atomic E-state index is 0.0979. The zero-order chi connectivity index (χ0) is 15.5. The van der Waals surface area contributed by atoms with Crippen LogP contribution in [0.5, 0.6) is 0 Å². The standard InChI is InChI=1S/C16H26N4O/c1-16(2,3)13-5-6-14(18-11-13)19(4)12-15(21)20-9-7-17-8-10-20/h5-6,11,17H,7-10,12H2,1-4H3. The molecule has 116 valence electrons. The summed E-state index contributed by atoms with van der Waals surface area (Å²) in [6, 6.07) is 4.08. The second-order valence-electron chi connectivity index (χ2n) is 6.64. The first-order valence-corrected chi connectivity index (χ1v) is 7.54. The number of piperazine rings is 1. The van der Waals surface area contributed by atoms with Crippen molar-refractivity contribution in [2.24, 2.45) is 0 Å². The van der Waals surface area contributed by atoms with Crippen LogP contribution < -0.4 is 10.2 Å². The van der Waals surface area contributed by atoms with Crippen LogP contribution in [0.2, 0.25) is 0 Å². The van der Waals surface area contributed by atoms with E-state index in [0.29, 0.717) is 6.54 Å². The number of carbonyl (C=O) groups is 1. The number of amides is 1. The van der Waals surface area contributed by atoms with Gasteiger partial charge in [-0.15, -0.1) is 0 Å². The average Bonchev–Trinajstić information content (AvgIpc) is 2.47. The number of nitrogens with zero attached hydrogens (tertiary/aromatic N) is 3. The van der Waals surface area contributed by atoms with Gasteiger partial charge in [0.25, 0.3) is 0 Å². The maximum absolute atomic E-state index is 12.2. The quantitative estimate of drug-likeness (QED) is 0.910. The summed E-state index contributed by atoms with van der Waals surface area (Å²) >= 11 is 0. The molecule has 1 aliphatic rings. The molecule has 0 saturated carbocycles. The van der Waals surface area contributed by atoms with Gasteiger partial charge in [0.1, 0.15) is 5.82 Å². The highest BCUT2D eigenvalue weighted by molar-refractivity contribution is 5.81. The molecule has 1 aromatic heterocycles. The molecule has 21 heavy (non-hydrogen) atoms. The third kappa shape index (κ3) is 4.17. The van der Waals surface area contributed by atoms with Gasteiger partial charge < -0.3 is 15.1 Å². The molecule has 0 unspecified atom stereocenters. The lowest BCUT2D eigenvalue weighted by atomic mass is 9.88. The minimum Gasteiger partial charge on any atom is -0.350 e. The number of pyridine rings is 1. The molecule has 5 heteroatoms. The Morgan fingerprint density at radius 1 is 1.33 bits per heavy atom. The van der Waals surface area contributed by atoms with Crippen molar-refractivity contribution in [1.82, 2.24) is 15.2 Å². The van der Waals surface area contributed by atoms with Gasteiger partial charge in [-0.2, -0.15) is 0 Å². The predicted octanol–water partition coefficient (Wildman–Crippen LogP) is 1.25. The van der Waals surface area contributed by atoms with Gasteiger partial charge in [-0.05, 0) is 17.0 Å². The molecule has 1 fully saturated rings. The highest BCUT2D eigenvalue weighted by Crippen LogP contribution is 2.22. The number of carbonyl (C=O) groups excluding carboxylic acids is 1. The Bertz CT molecular complexity index is 472. The largest absolute Gasteiger partial charge is 0.350 e. The second-order valence-corrected chi connectivity index (χ2v) is 6.64. The number of hydrogen-bond donors (Lipinski definition) is 1. The molecule has 0 atom stereocenters. The zero-order valence-corrected chi connectivity index (χ0v) is 13.5. The van der Waals surface area contributed by atoms with Gasteiger partial charge in [0, 0.05) is 39.4 Å². The maximum Gasteiger partial charge on any atom is 0.242 e. The van der Waals surface area contributed by atoms with Gasteiger partial charge in [-0.1, -0.05) is 26.8 Å². The van der Waals surface area contributed by atoms with Crippen molar-refractivity contribution in [3.8, 4) is 0 Å². The second kappa shape index (κ2) is 6.43. The molecule has 0 aliphatic carbocycles. The Balaban J connectivity index is 1.96. The first-order valence-electron chi connectivity index (χ1n) is 7.54. The Hall–Kier alpha value is -1.62. The van der Waals surface area contributed by atoms with Crippen LogP contribution in [0.3, 0.4) is 0 Å². The number of anilines is 1. The van der Waals surface area contributed by atoms with Crippen LogP contribution >= 0.6 is 0 Å². The van der Waals surface area contributed by atoms with Crippen LogP contribution in [0.15, 0.2) is 18.3 Å². The van der Waals surface area contributed by atoms with Crippen molar-refractivity contribution < 1.29 is 4.79 Å². The maximum atomic E-state index is 12.2. The Morgan fingerprint density at radius 2 is 2.00 bits per heavy atom. The first kappa shape index (κ1) is 15.8. The topological polar surface area (TPSA) is 48.5 Å². The summed E-state index contributed by atoms with van der Waals surface area (Å²) in [5.74, 6) is 1.01. The predicted molar refractivity (Wildman–Crippen MR) is 85.7 cm³/mol. The summed E-state index contributed by atoms with van der Waals surface area (Å²) < 4.78 is 0. The van der Waals surface area contributed by atoms with Crippen molar-refractivity contribution in [3.05, 3.63) is 23.9 Å². The van der Waals surface area contributed by atoms with E-state index >= 15 is 0 Å². The van der Waals surface area contributed by atoms with E-state index < -0.39 is 0 Å². The molecule has 0 aromatic carbocycles. The average molecular weight is 290 g/mol. The molecule has 5 nitrogen and oxygen atoms in total. The van der Waals surface area contributed by atoms with Crippen molar-refractivity contribution in [2.45, 2.75) is 26.2 Å². The molecular formula is C16H26N4O. The van der Waals surface area contributed by atoms with Gasteiger partial charge in [-0.25, -0.2) is 4.98 Å². The van der Waals surface area contributed by atoms with Gasteiger partial charge in [0.15, 0.2) is 0 Å². The molecule has 1 aliphatic heterocycles. The van der Waals surface area contributed by atoms with E-state index in [2.05, 4.69) is 37.1 Å². The van der Waals surface area contributed by atoms with Crippen LogP contribution in [0, 0.1) is 0 Å². The summed E-state index contributed by atoms with van der Waals surface area (Å²) in [6.07, 6.45) is 1.90. The minimum atomic E-state index is 0.0979. The number of nitrogens with one attached hydrogen (secondary N) is 1. The van der Waals surface area contributed by atoms with Gasteiger partial charge in [0.05, 0.1) is 6.54 Å². The van der Waals surface area contributed by atoms with Crippen molar-refractivity contribution in [3.63, 3.8) is 0 Å². The van der Waals surface area contributed by atoms with Crippen molar-refractivity contribution in [2.75, 3.05) is 44.7 Å². The molecule has 2 rings (SSSR count). The first-order chi connectivity index (χ1) is 9.88. The molecule has 0 bridgehead atoms. The highest BCUT2D eigenvalue weighted by Gasteiger charge is 2.19. The van der Waals surface area contributed by atoms with E-state index in [4.69, 9.17) is 0 Å². The summed E-state index contributed by atoms with van der Waals surface area (Å²) in [4.78, 5) is 20.5. The third-order valence-corrected chi connectivity index (χ3v) is 3.85. The number of hydrogen-bond acceptors (Lipinski definition) is 4.